The third kappa shape index (κ3) is 6.08. The number of nitrogens with zero attached hydrogens (tertiary/aromatic N) is 1. The number of thiophene rings is 1. The van der Waals surface area contributed by atoms with E-state index in [4.69, 9.17) is 9.47 Å². The van der Waals surface area contributed by atoms with Crippen LogP contribution >= 0.6 is 11.3 Å². The van der Waals surface area contributed by atoms with E-state index in [0.29, 0.717) is 45.3 Å². The fraction of sp³-hybridized carbons (Fsp3) is 0.235. The molecule has 0 radical (unpaired) electrons. The molecule has 8 nitrogen and oxygen atoms in total. The van der Waals surface area contributed by atoms with Crippen molar-refractivity contribution >= 4 is 45.2 Å². The molecule has 0 aliphatic heterocycles. The molecule has 3 aromatic carbocycles. The number of ether oxygens (including phenoxy) is 2. The summed E-state index contributed by atoms with van der Waals surface area (Å²) in [4.78, 5) is 47.6. The molecular weight excluding hydrogens is 562 g/mol. The minimum absolute atomic E-state index is 0.230. The van der Waals surface area contributed by atoms with Crippen LogP contribution in [0, 0.1) is 6.92 Å². The van der Waals surface area contributed by atoms with E-state index < -0.39 is 24.5 Å². The number of carbonyl (C=O) groups is 3. The van der Waals surface area contributed by atoms with Crippen LogP contribution in [-0.2, 0) is 27.1 Å². The normalized spacial score (nSPS) is 14.2. The number of anilines is 1. The van der Waals surface area contributed by atoms with Gasteiger partial charge in [-0.25, -0.2) is 14.6 Å². The lowest BCUT2D eigenvalue weighted by Crippen LogP contribution is -2.22. The molecule has 6 rings (SSSR count). The van der Waals surface area contributed by atoms with Crippen LogP contribution < -0.4 is 5.32 Å². The Bertz CT molecular complexity index is 1810. The number of hydrogen-bond donors (Lipinski definition) is 2. The average Bonchev–Trinajstić information content (AvgIpc) is 3.61. The predicted molar refractivity (Wildman–Crippen MR) is 167 cm³/mol. The zero-order valence-corrected chi connectivity index (χ0v) is 24.8. The first-order valence-corrected chi connectivity index (χ1v) is 15.1. The van der Waals surface area contributed by atoms with Crippen LogP contribution in [0.15, 0.2) is 72.8 Å². The van der Waals surface area contributed by atoms with Gasteiger partial charge in [-0.3, -0.25) is 4.79 Å². The molecule has 2 N–H and O–H groups in total. The number of hydrogen-bond acceptors (Lipinski definition) is 7. The lowest BCUT2D eigenvalue weighted by atomic mass is 9.83. The Balaban J connectivity index is 1.14. The van der Waals surface area contributed by atoms with E-state index in [-0.39, 0.29) is 6.61 Å². The van der Waals surface area contributed by atoms with Gasteiger partial charge in [-0.05, 0) is 68.4 Å². The number of aromatic amines is 1. The molecule has 0 bridgehead atoms. The van der Waals surface area contributed by atoms with Crippen molar-refractivity contribution in [1.29, 1.82) is 0 Å². The van der Waals surface area contributed by atoms with Crippen molar-refractivity contribution in [2.24, 2.45) is 0 Å². The van der Waals surface area contributed by atoms with E-state index in [0.717, 1.165) is 34.4 Å². The summed E-state index contributed by atoms with van der Waals surface area (Å²) in [5.41, 5.74) is 6.39. The summed E-state index contributed by atoms with van der Waals surface area (Å²) in [5.74, 6) is -0.576. The number of nitrogens with one attached hydrogen (secondary N) is 2. The van der Waals surface area contributed by atoms with Gasteiger partial charge in [-0.1, -0.05) is 60.2 Å². The summed E-state index contributed by atoms with van der Waals surface area (Å²) in [7, 11) is 0. The Hall–Kier alpha value is -4.76. The summed E-state index contributed by atoms with van der Waals surface area (Å²) in [6, 6.07) is 23.3. The van der Waals surface area contributed by atoms with Gasteiger partial charge in [0.05, 0.1) is 28.8 Å². The fourth-order valence-electron chi connectivity index (χ4n) is 5.46. The van der Waals surface area contributed by atoms with E-state index in [1.165, 1.54) is 16.9 Å². The summed E-state index contributed by atoms with van der Waals surface area (Å²) in [6.07, 6.45) is 2.40. The Morgan fingerprint density at radius 2 is 1.79 bits per heavy atom. The number of imidazole rings is 1. The Kier molecular flexibility index (Phi) is 8.07. The summed E-state index contributed by atoms with van der Waals surface area (Å²) >= 11 is 1.39. The van der Waals surface area contributed by atoms with Gasteiger partial charge in [-0.15, -0.1) is 11.3 Å². The first kappa shape index (κ1) is 28.4. The third-order valence-electron chi connectivity index (χ3n) is 7.65. The molecule has 1 amide bonds. The van der Waals surface area contributed by atoms with Gasteiger partial charge in [0.15, 0.2) is 6.61 Å². The second-order valence-electron chi connectivity index (χ2n) is 10.6. The predicted octanol–water partition coefficient (Wildman–Crippen LogP) is 6.84. The minimum atomic E-state index is -0.634. The van der Waals surface area contributed by atoms with Gasteiger partial charge in [0.2, 0.25) is 0 Å². The molecule has 0 saturated heterocycles. The maximum atomic E-state index is 12.9. The Morgan fingerprint density at radius 1 is 1.00 bits per heavy atom. The van der Waals surface area contributed by atoms with Crippen LogP contribution in [-0.4, -0.2) is 41.0 Å². The molecule has 1 aliphatic rings. The SMILES string of the molecule is CCOC(=O)c1c(NC(=O)COC(=O)c2ccc3nc(-c4ccc(C)cc4)[nH]c3c2)sc2c1CCC(c1ccccc1)C2. The Labute approximate surface area is 253 Å². The number of H-pyrrole nitrogens is 1. The highest BCUT2D eigenvalue weighted by atomic mass is 32.1. The standard InChI is InChI=1S/C34H31N3O5S/c1-3-41-34(40)30-25-15-13-23(21-7-5-4-6-8-21)18-28(25)43-32(30)37-29(38)19-42-33(39)24-14-16-26-27(17-24)36-31(35-26)22-11-9-20(2)10-12-22/h4-12,14,16-17,23H,3,13,15,18-19H2,1-2H3,(H,35,36)(H,37,38). The number of benzene rings is 3. The van der Waals surface area contributed by atoms with E-state index in [9.17, 15) is 14.4 Å². The highest BCUT2D eigenvalue weighted by molar-refractivity contribution is 7.17. The molecule has 0 spiro atoms. The molecule has 9 heteroatoms. The van der Waals surface area contributed by atoms with Crippen molar-refractivity contribution in [3.05, 3.63) is 105 Å². The molecule has 2 aromatic heterocycles. The smallest absolute Gasteiger partial charge is 0.341 e. The van der Waals surface area contributed by atoms with E-state index >= 15 is 0 Å². The monoisotopic (exact) mass is 593 g/mol. The van der Waals surface area contributed by atoms with Crippen molar-refractivity contribution in [3.8, 4) is 11.4 Å². The lowest BCUT2D eigenvalue weighted by Gasteiger charge is -2.23. The van der Waals surface area contributed by atoms with E-state index in [2.05, 4.69) is 27.4 Å². The van der Waals surface area contributed by atoms with Crippen molar-refractivity contribution in [1.82, 2.24) is 9.97 Å². The molecule has 1 aliphatic carbocycles. The van der Waals surface area contributed by atoms with Crippen LogP contribution in [0.2, 0.25) is 0 Å². The van der Waals surface area contributed by atoms with Gasteiger partial charge >= 0.3 is 11.9 Å². The quantitative estimate of drug-likeness (QED) is 0.191. The highest BCUT2D eigenvalue weighted by Crippen LogP contribution is 2.42. The maximum absolute atomic E-state index is 12.9. The van der Waals surface area contributed by atoms with Crippen molar-refractivity contribution in [2.45, 2.75) is 39.0 Å². The zero-order chi connectivity index (χ0) is 29.9. The summed E-state index contributed by atoms with van der Waals surface area (Å²) in [5, 5.41) is 3.24. The third-order valence-corrected chi connectivity index (χ3v) is 8.82. The number of amides is 1. The number of rotatable bonds is 8. The minimum Gasteiger partial charge on any atom is -0.462 e. The molecule has 1 atom stereocenters. The van der Waals surface area contributed by atoms with Crippen LogP contribution in [0.1, 0.15) is 61.5 Å². The largest absolute Gasteiger partial charge is 0.462 e. The van der Waals surface area contributed by atoms with Crippen LogP contribution in [0.4, 0.5) is 5.00 Å². The number of fused-ring (bicyclic) bond motifs is 2. The highest BCUT2D eigenvalue weighted by Gasteiger charge is 2.31. The van der Waals surface area contributed by atoms with Crippen LogP contribution in [0.3, 0.4) is 0 Å². The van der Waals surface area contributed by atoms with E-state index in [1.54, 1.807) is 25.1 Å². The van der Waals surface area contributed by atoms with Crippen LogP contribution in [0.25, 0.3) is 22.4 Å². The fourth-order valence-corrected chi connectivity index (χ4v) is 6.80. The molecule has 5 aromatic rings. The molecule has 0 saturated carbocycles. The summed E-state index contributed by atoms with van der Waals surface area (Å²) in [6.45, 7) is 3.51. The molecule has 218 valence electrons. The second kappa shape index (κ2) is 12.2. The first-order chi connectivity index (χ1) is 20.9. The van der Waals surface area contributed by atoms with E-state index in [1.807, 2.05) is 49.4 Å². The lowest BCUT2D eigenvalue weighted by molar-refractivity contribution is -0.119. The maximum Gasteiger partial charge on any atom is 0.341 e. The molecule has 0 fully saturated rings. The van der Waals surface area contributed by atoms with Crippen LogP contribution in [0.5, 0.6) is 0 Å². The van der Waals surface area contributed by atoms with Crippen molar-refractivity contribution < 1.29 is 23.9 Å². The number of esters is 2. The topological polar surface area (TPSA) is 110 Å². The number of aromatic nitrogens is 2. The second-order valence-corrected chi connectivity index (χ2v) is 11.7. The summed E-state index contributed by atoms with van der Waals surface area (Å²) < 4.78 is 10.7. The Morgan fingerprint density at radius 3 is 2.56 bits per heavy atom. The van der Waals surface area contributed by atoms with Gasteiger partial charge in [0, 0.05) is 10.4 Å². The molecule has 43 heavy (non-hydrogen) atoms. The van der Waals surface area contributed by atoms with Gasteiger partial charge in [0.1, 0.15) is 10.8 Å². The van der Waals surface area contributed by atoms with Gasteiger partial charge in [0.25, 0.3) is 5.91 Å². The van der Waals surface area contributed by atoms with Crippen molar-refractivity contribution in [3.63, 3.8) is 0 Å². The number of aryl methyl sites for hydroxylation is 1. The van der Waals surface area contributed by atoms with Crippen molar-refractivity contribution in [2.75, 3.05) is 18.5 Å². The number of carbonyl (C=O) groups excluding carboxylic acids is 3. The molecule has 2 heterocycles. The zero-order valence-electron chi connectivity index (χ0n) is 23.9. The van der Waals surface area contributed by atoms with Gasteiger partial charge in [-0.2, -0.15) is 0 Å². The first-order valence-electron chi connectivity index (χ1n) is 14.3. The average molecular weight is 594 g/mol. The molecular formula is C34H31N3O5S. The molecule has 1 unspecified atom stereocenters. The van der Waals surface area contributed by atoms with Gasteiger partial charge < -0.3 is 19.8 Å².